The predicted octanol–water partition coefficient (Wildman–Crippen LogP) is 1.32. The molecule has 5 nitrogen and oxygen atoms in total. The van der Waals surface area contributed by atoms with E-state index in [1.807, 2.05) is 24.7 Å². The first kappa shape index (κ1) is 12.3. The molecule has 0 saturated heterocycles. The first-order valence-electron chi connectivity index (χ1n) is 6.41. The van der Waals surface area contributed by atoms with Crippen molar-refractivity contribution in [2.75, 3.05) is 0 Å². The molecule has 0 bridgehead atoms. The van der Waals surface area contributed by atoms with Gasteiger partial charge in [0.2, 0.25) is 5.91 Å². The van der Waals surface area contributed by atoms with E-state index in [1.54, 1.807) is 11.3 Å². The number of hydrogen-bond acceptors (Lipinski definition) is 4. The zero-order valence-electron chi connectivity index (χ0n) is 10.8. The Bertz CT molecular complexity index is 589. The van der Waals surface area contributed by atoms with E-state index < -0.39 is 0 Å². The first-order valence-corrected chi connectivity index (χ1v) is 7.29. The summed E-state index contributed by atoms with van der Waals surface area (Å²) in [4.78, 5) is 20.6. The van der Waals surface area contributed by atoms with Gasteiger partial charge in [-0.2, -0.15) is 0 Å². The van der Waals surface area contributed by atoms with Crippen molar-refractivity contribution < 1.29 is 4.79 Å². The van der Waals surface area contributed by atoms with Crippen molar-refractivity contribution in [3.63, 3.8) is 0 Å². The van der Waals surface area contributed by atoms with E-state index in [-0.39, 0.29) is 11.9 Å². The van der Waals surface area contributed by atoms with Gasteiger partial charge in [-0.05, 0) is 13.3 Å². The molecule has 0 aliphatic carbocycles. The number of rotatable bonds is 3. The van der Waals surface area contributed by atoms with Crippen LogP contribution in [0.25, 0.3) is 0 Å². The Morgan fingerprint density at radius 2 is 2.53 bits per heavy atom. The van der Waals surface area contributed by atoms with Gasteiger partial charge in [0, 0.05) is 36.8 Å². The SMILES string of the molecule is Cc1nc(CC(=O)N[C@@H]2CCc3nccn3C2)cs1. The summed E-state index contributed by atoms with van der Waals surface area (Å²) in [5.41, 5.74) is 0.860. The van der Waals surface area contributed by atoms with E-state index in [0.29, 0.717) is 6.42 Å². The molecule has 0 radical (unpaired) electrons. The van der Waals surface area contributed by atoms with Crippen molar-refractivity contribution in [3.8, 4) is 0 Å². The second-order valence-electron chi connectivity index (χ2n) is 4.83. The molecule has 3 heterocycles. The lowest BCUT2D eigenvalue weighted by Crippen LogP contribution is -2.41. The predicted molar refractivity (Wildman–Crippen MR) is 73.0 cm³/mol. The van der Waals surface area contributed by atoms with Crippen molar-refractivity contribution in [1.82, 2.24) is 19.9 Å². The largest absolute Gasteiger partial charge is 0.351 e. The third-order valence-electron chi connectivity index (χ3n) is 3.31. The Kier molecular flexibility index (Phi) is 3.33. The highest BCUT2D eigenvalue weighted by Gasteiger charge is 2.20. The summed E-state index contributed by atoms with van der Waals surface area (Å²) in [5.74, 6) is 1.17. The fraction of sp³-hybridized carbons (Fsp3) is 0.462. The van der Waals surface area contributed by atoms with Crippen LogP contribution >= 0.6 is 11.3 Å². The van der Waals surface area contributed by atoms with E-state index >= 15 is 0 Å². The molecule has 6 heteroatoms. The van der Waals surface area contributed by atoms with Gasteiger partial charge in [0.15, 0.2) is 0 Å². The summed E-state index contributed by atoms with van der Waals surface area (Å²) < 4.78 is 2.11. The van der Waals surface area contributed by atoms with Crippen LogP contribution in [0.3, 0.4) is 0 Å². The van der Waals surface area contributed by atoms with Crippen LogP contribution in [0.1, 0.15) is 22.9 Å². The lowest BCUT2D eigenvalue weighted by Gasteiger charge is -2.24. The maximum absolute atomic E-state index is 12.0. The molecule has 1 atom stereocenters. The molecule has 0 unspecified atom stereocenters. The lowest BCUT2D eigenvalue weighted by molar-refractivity contribution is -0.121. The maximum atomic E-state index is 12.0. The second kappa shape index (κ2) is 5.13. The molecular weight excluding hydrogens is 260 g/mol. The molecule has 1 aliphatic rings. The van der Waals surface area contributed by atoms with Crippen molar-refractivity contribution in [3.05, 3.63) is 34.3 Å². The molecule has 19 heavy (non-hydrogen) atoms. The summed E-state index contributed by atoms with van der Waals surface area (Å²) in [7, 11) is 0. The number of aryl methyl sites for hydroxylation is 2. The van der Waals surface area contributed by atoms with Crippen molar-refractivity contribution in [1.29, 1.82) is 0 Å². The number of hydrogen-bond donors (Lipinski definition) is 1. The fourth-order valence-electron chi connectivity index (χ4n) is 2.42. The van der Waals surface area contributed by atoms with E-state index in [1.165, 1.54) is 0 Å². The summed E-state index contributed by atoms with van der Waals surface area (Å²) >= 11 is 1.58. The van der Waals surface area contributed by atoms with Crippen LogP contribution in [0.5, 0.6) is 0 Å². The minimum atomic E-state index is 0.0545. The molecule has 2 aromatic rings. The van der Waals surface area contributed by atoms with Gasteiger partial charge in [0.1, 0.15) is 5.82 Å². The van der Waals surface area contributed by atoms with Crippen LogP contribution in [-0.4, -0.2) is 26.5 Å². The molecule has 2 aromatic heterocycles. The Morgan fingerprint density at radius 1 is 1.63 bits per heavy atom. The number of nitrogens with zero attached hydrogens (tertiary/aromatic N) is 3. The summed E-state index contributed by atoms with van der Waals surface area (Å²) in [6, 6.07) is 0.203. The molecule has 0 aromatic carbocycles. The zero-order valence-corrected chi connectivity index (χ0v) is 11.6. The average molecular weight is 276 g/mol. The Labute approximate surface area is 115 Å². The highest BCUT2D eigenvalue weighted by atomic mass is 32.1. The Balaban J connectivity index is 1.56. The van der Waals surface area contributed by atoms with Gasteiger partial charge in [-0.3, -0.25) is 4.79 Å². The van der Waals surface area contributed by atoms with Crippen LogP contribution < -0.4 is 5.32 Å². The van der Waals surface area contributed by atoms with Crippen molar-refractivity contribution in [2.24, 2.45) is 0 Å². The lowest BCUT2D eigenvalue weighted by atomic mass is 10.1. The quantitative estimate of drug-likeness (QED) is 0.920. The van der Waals surface area contributed by atoms with E-state index in [9.17, 15) is 4.79 Å². The Hall–Kier alpha value is -1.69. The third-order valence-corrected chi connectivity index (χ3v) is 4.13. The van der Waals surface area contributed by atoms with Gasteiger partial charge < -0.3 is 9.88 Å². The molecule has 1 aliphatic heterocycles. The van der Waals surface area contributed by atoms with Crippen LogP contribution in [-0.2, 0) is 24.2 Å². The zero-order chi connectivity index (χ0) is 13.2. The highest BCUT2D eigenvalue weighted by molar-refractivity contribution is 7.09. The number of imidazole rings is 1. The second-order valence-corrected chi connectivity index (χ2v) is 5.90. The smallest absolute Gasteiger partial charge is 0.226 e. The van der Waals surface area contributed by atoms with Gasteiger partial charge >= 0.3 is 0 Å². The maximum Gasteiger partial charge on any atom is 0.226 e. The summed E-state index contributed by atoms with van der Waals surface area (Å²) in [6.07, 6.45) is 6.04. The van der Waals surface area contributed by atoms with Gasteiger partial charge in [0.25, 0.3) is 0 Å². The van der Waals surface area contributed by atoms with Crippen LogP contribution in [0, 0.1) is 6.92 Å². The van der Waals surface area contributed by atoms with Gasteiger partial charge in [-0.1, -0.05) is 0 Å². The molecular formula is C13H16N4OS. The normalized spacial score (nSPS) is 18.1. The number of aromatic nitrogens is 3. The van der Waals surface area contributed by atoms with Crippen LogP contribution in [0.4, 0.5) is 0 Å². The topological polar surface area (TPSA) is 59.8 Å². The van der Waals surface area contributed by atoms with Gasteiger partial charge in [-0.15, -0.1) is 11.3 Å². The molecule has 100 valence electrons. The standard InChI is InChI=1S/C13H16N4OS/c1-9-15-11(8-19-9)6-13(18)16-10-2-3-12-14-4-5-17(12)7-10/h4-5,8,10H,2-3,6-7H2,1H3,(H,16,18)/t10-/m1/s1. The average Bonchev–Trinajstić information content (AvgIpc) is 2.97. The molecule has 1 N–H and O–H groups in total. The van der Waals surface area contributed by atoms with E-state index in [4.69, 9.17) is 0 Å². The Morgan fingerprint density at radius 3 is 3.32 bits per heavy atom. The summed E-state index contributed by atoms with van der Waals surface area (Å²) in [6.45, 7) is 2.77. The van der Waals surface area contributed by atoms with Gasteiger partial charge in [-0.25, -0.2) is 9.97 Å². The minimum Gasteiger partial charge on any atom is -0.351 e. The van der Waals surface area contributed by atoms with Crippen LogP contribution in [0.15, 0.2) is 17.8 Å². The number of fused-ring (bicyclic) bond motifs is 1. The van der Waals surface area contributed by atoms with E-state index in [0.717, 1.165) is 35.9 Å². The number of carbonyl (C=O) groups is 1. The number of amides is 1. The molecule has 1 amide bonds. The fourth-order valence-corrected chi connectivity index (χ4v) is 3.03. The molecule has 0 fully saturated rings. The number of carbonyl (C=O) groups excluding carboxylic acids is 1. The van der Waals surface area contributed by atoms with Crippen molar-refractivity contribution in [2.45, 2.75) is 38.8 Å². The van der Waals surface area contributed by atoms with Crippen molar-refractivity contribution >= 4 is 17.2 Å². The molecule has 0 saturated carbocycles. The number of nitrogens with one attached hydrogen (secondary N) is 1. The first-order chi connectivity index (χ1) is 9.20. The van der Waals surface area contributed by atoms with Crippen LogP contribution in [0.2, 0.25) is 0 Å². The molecule has 0 spiro atoms. The number of thiazole rings is 1. The van der Waals surface area contributed by atoms with E-state index in [2.05, 4.69) is 19.9 Å². The minimum absolute atomic E-state index is 0.0545. The monoisotopic (exact) mass is 276 g/mol. The third kappa shape index (κ3) is 2.84. The molecule has 3 rings (SSSR count). The highest BCUT2D eigenvalue weighted by Crippen LogP contribution is 2.13. The summed E-state index contributed by atoms with van der Waals surface area (Å²) in [5, 5.41) is 6.04. The van der Waals surface area contributed by atoms with Gasteiger partial charge in [0.05, 0.1) is 17.1 Å².